The van der Waals surface area contributed by atoms with Crippen molar-refractivity contribution in [3.63, 3.8) is 0 Å². The van der Waals surface area contributed by atoms with Gasteiger partial charge in [-0.25, -0.2) is 4.98 Å². The topological polar surface area (TPSA) is 80.1 Å². The van der Waals surface area contributed by atoms with Gasteiger partial charge in [-0.15, -0.1) is 0 Å². The number of aromatic nitrogens is 1. The number of nitrogens with one attached hydrogen (secondary N) is 2. The Kier molecular flexibility index (Phi) is 6.21. The first-order valence-electron chi connectivity index (χ1n) is 7.09. The van der Waals surface area contributed by atoms with Crippen LogP contribution in [0.15, 0.2) is 12.1 Å². The lowest BCUT2D eigenvalue weighted by Crippen LogP contribution is -2.17. The van der Waals surface area contributed by atoms with Gasteiger partial charge in [0, 0.05) is 12.6 Å². The van der Waals surface area contributed by atoms with Crippen LogP contribution in [0.2, 0.25) is 0 Å². The quantitative estimate of drug-likeness (QED) is 0.561. The SMILES string of the molecule is CCNc1cc([N+](=O)[O-])cc(NC(C)CCC(C)C)n1. The number of hydrogen-bond acceptors (Lipinski definition) is 5. The van der Waals surface area contributed by atoms with Crippen LogP contribution in [0.3, 0.4) is 0 Å². The minimum Gasteiger partial charge on any atom is -0.370 e. The van der Waals surface area contributed by atoms with Crippen molar-refractivity contribution in [2.75, 3.05) is 17.2 Å². The lowest BCUT2D eigenvalue weighted by atomic mass is 10.0. The molecule has 0 aliphatic heterocycles. The van der Waals surface area contributed by atoms with E-state index in [2.05, 4.69) is 36.4 Å². The molecule has 1 atom stereocenters. The highest BCUT2D eigenvalue weighted by molar-refractivity contribution is 5.54. The van der Waals surface area contributed by atoms with Crippen LogP contribution < -0.4 is 10.6 Å². The molecular weight excluding hydrogens is 256 g/mol. The zero-order valence-corrected chi connectivity index (χ0v) is 12.6. The maximum atomic E-state index is 10.9. The highest BCUT2D eigenvalue weighted by atomic mass is 16.6. The van der Waals surface area contributed by atoms with E-state index in [4.69, 9.17) is 0 Å². The summed E-state index contributed by atoms with van der Waals surface area (Å²) in [6.07, 6.45) is 2.13. The van der Waals surface area contributed by atoms with Gasteiger partial charge in [-0.2, -0.15) is 0 Å². The smallest absolute Gasteiger partial charge is 0.276 e. The average Bonchev–Trinajstić information content (AvgIpc) is 2.36. The summed E-state index contributed by atoms with van der Waals surface area (Å²) in [6.45, 7) is 9.04. The van der Waals surface area contributed by atoms with Crippen LogP contribution in [-0.4, -0.2) is 22.5 Å². The van der Waals surface area contributed by atoms with Gasteiger partial charge in [-0.3, -0.25) is 10.1 Å². The summed E-state index contributed by atoms with van der Waals surface area (Å²) in [6, 6.07) is 3.17. The van der Waals surface area contributed by atoms with Crippen LogP contribution in [0, 0.1) is 16.0 Å². The summed E-state index contributed by atoms with van der Waals surface area (Å²) < 4.78 is 0. The molecule has 112 valence electrons. The third-order valence-corrected chi connectivity index (χ3v) is 2.95. The van der Waals surface area contributed by atoms with Gasteiger partial charge in [-0.05, 0) is 32.6 Å². The molecule has 0 aliphatic carbocycles. The van der Waals surface area contributed by atoms with Crippen molar-refractivity contribution < 1.29 is 4.92 Å². The van der Waals surface area contributed by atoms with Crippen molar-refractivity contribution in [1.82, 2.24) is 4.98 Å². The summed E-state index contributed by atoms with van der Waals surface area (Å²) in [4.78, 5) is 14.9. The van der Waals surface area contributed by atoms with Gasteiger partial charge in [0.15, 0.2) is 0 Å². The first-order chi connectivity index (χ1) is 9.42. The van der Waals surface area contributed by atoms with E-state index in [1.54, 1.807) is 0 Å². The molecule has 0 aliphatic rings. The second-order valence-electron chi connectivity index (χ2n) is 5.40. The predicted molar refractivity (Wildman–Crippen MR) is 82.2 cm³/mol. The zero-order chi connectivity index (χ0) is 15.1. The van der Waals surface area contributed by atoms with Crippen molar-refractivity contribution in [3.05, 3.63) is 22.2 Å². The third-order valence-electron chi connectivity index (χ3n) is 2.95. The van der Waals surface area contributed by atoms with Crippen LogP contribution >= 0.6 is 0 Å². The van der Waals surface area contributed by atoms with Gasteiger partial charge >= 0.3 is 0 Å². The van der Waals surface area contributed by atoms with Crippen molar-refractivity contribution in [2.24, 2.45) is 5.92 Å². The molecule has 1 aromatic heterocycles. The summed E-state index contributed by atoms with van der Waals surface area (Å²) in [5.41, 5.74) is 0.0505. The van der Waals surface area contributed by atoms with Crippen molar-refractivity contribution >= 4 is 17.3 Å². The third kappa shape index (κ3) is 5.42. The second-order valence-corrected chi connectivity index (χ2v) is 5.40. The van der Waals surface area contributed by atoms with E-state index in [-0.39, 0.29) is 11.7 Å². The molecule has 0 saturated carbocycles. The van der Waals surface area contributed by atoms with E-state index in [1.807, 2.05) is 6.92 Å². The fourth-order valence-electron chi connectivity index (χ4n) is 1.88. The predicted octanol–water partition coefficient (Wildman–Crippen LogP) is 3.66. The lowest BCUT2D eigenvalue weighted by Gasteiger charge is -2.16. The van der Waals surface area contributed by atoms with Crippen LogP contribution in [0.4, 0.5) is 17.3 Å². The molecule has 0 radical (unpaired) electrons. The van der Waals surface area contributed by atoms with E-state index in [0.29, 0.717) is 24.1 Å². The van der Waals surface area contributed by atoms with Crippen molar-refractivity contribution in [3.8, 4) is 0 Å². The number of nitro groups is 1. The van der Waals surface area contributed by atoms with E-state index in [9.17, 15) is 10.1 Å². The van der Waals surface area contributed by atoms with Crippen LogP contribution in [-0.2, 0) is 0 Å². The Hall–Kier alpha value is -1.85. The zero-order valence-electron chi connectivity index (χ0n) is 12.6. The molecule has 1 aromatic rings. The Bertz CT molecular complexity index is 449. The molecular formula is C14H24N4O2. The number of hydrogen-bond donors (Lipinski definition) is 2. The van der Waals surface area contributed by atoms with Gasteiger partial charge in [-0.1, -0.05) is 13.8 Å². The molecule has 0 spiro atoms. The van der Waals surface area contributed by atoms with Crippen LogP contribution in [0.5, 0.6) is 0 Å². The molecule has 0 bridgehead atoms. The maximum absolute atomic E-state index is 10.9. The fourth-order valence-corrected chi connectivity index (χ4v) is 1.88. The number of anilines is 2. The molecule has 1 unspecified atom stereocenters. The summed E-state index contributed by atoms with van der Waals surface area (Å²) >= 11 is 0. The summed E-state index contributed by atoms with van der Waals surface area (Å²) in [5.74, 6) is 1.72. The Morgan fingerprint density at radius 1 is 1.25 bits per heavy atom. The van der Waals surface area contributed by atoms with Gasteiger partial charge in [0.1, 0.15) is 11.6 Å². The minimum atomic E-state index is -0.396. The highest BCUT2D eigenvalue weighted by Gasteiger charge is 2.12. The fraction of sp³-hybridized carbons (Fsp3) is 0.643. The Labute approximate surface area is 120 Å². The average molecular weight is 280 g/mol. The lowest BCUT2D eigenvalue weighted by molar-refractivity contribution is -0.384. The van der Waals surface area contributed by atoms with Crippen molar-refractivity contribution in [2.45, 2.75) is 46.6 Å². The monoisotopic (exact) mass is 280 g/mol. The van der Waals surface area contributed by atoms with E-state index >= 15 is 0 Å². The first-order valence-corrected chi connectivity index (χ1v) is 7.09. The molecule has 6 heteroatoms. The van der Waals surface area contributed by atoms with Crippen LogP contribution in [0.25, 0.3) is 0 Å². The summed E-state index contributed by atoms with van der Waals surface area (Å²) in [5, 5.41) is 17.2. The molecule has 1 heterocycles. The number of pyridine rings is 1. The Morgan fingerprint density at radius 3 is 2.45 bits per heavy atom. The standard InChI is InChI=1S/C14H24N4O2/c1-5-15-13-8-12(18(19)20)9-14(17-13)16-11(4)7-6-10(2)3/h8-11H,5-7H2,1-4H3,(H2,15,16,17). The molecule has 6 nitrogen and oxygen atoms in total. The van der Waals surface area contributed by atoms with Gasteiger partial charge in [0.05, 0.1) is 17.1 Å². The van der Waals surface area contributed by atoms with Gasteiger partial charge in [0.2, 0.25) is 0 Å². The molecule has 0 amide bonds. The highest BCUT2D eigenvalue weighted by Crippen LogP contribution is 2.21. The summed E-state index contributed by atoms with van der Waals surface area (Å²) in [7, 11) is 0. The minimum absolute atomic E-state index is 0.0505. The molecule has 0 aromatic carbocycles. The van der Waals surface area contributed by atoms with E-state index in [1.165, 1.54) is 12.1 Å². The first kappa shape index (κ1) is 16.2. The molecule has 1 rings (SSSR count). The van der Waals surface area contributed by atoms with E-state index < -0.39 is 4.92 Å². The normalized spacial score (nSPS) is 12.2. The van der Waals surface area contributed by atoms with Gasteiger partial charge < -0.3 is 10.6 Å². The molecule has 20 heavy (non-hydrogen) atoms. The van der Waals surface area contributed by atoms with E-state index in [0.717, 1.165) is 12.8 Å². The molecule has 2 N–H and O–H groups in total. The van der Waals surface area contributed by atoms with Gasteiger partial charge in [0.25, 0.3) is 5.69 Å². The largest absolute Gasteiger partial charge is 0.370 e. The Balaban J connectivity index is 2.79. The second kappa shape index (κ2) is 7.67. The molecule has 0 fully saturated rings. The Morgan fingerprint density at radius 2 is 1.90 bits per heavy atom. The van der Waals surface area contributed by atoms with Crippen LogP contribution in [0.1, 0.15) is 40.5 Å². The maximum Gasteiger partial charge on any atom is 0.276 e. The number of rotatable bonds is 8. The van der Waals surface area contributed by atoms with Crippen molar-refractivity contribution in [1.29, 1.82) is 0 Å². The number of nitrogens with zero attached hydrogens (tertiary/aromatic N) is 2. The molecule has 0 saturated heterocycles.